The summed E-state index contributed by atoms with van der Waals surface area (Å²) in [5.41, 5.74) is 0.440. The van der Waals surface area contributed by atoms with E-state index in [4.69, 9.17) is 0 Å². The summed E-state index contributed by atoms with van der Waals surface area (Å²) in [5.74, 6) is -0.590. The van der Waals surface area contributed by atoms with Crippen LogP contribution in [-0.2, 0) is 4.79 Å². The summed E-state index contributed by atoms with van der Waals surface area (Å²) in [5, 5.41) is 13.8. The average Bonchev–Trinajstić information content (AvgIpc) is 2.86. The van der Waals surface area contributed by atoms with E-state index in [1.165, 1.54) is 35.2 Å². The third-order valence-electron chi connectivity index (χ3n) is 2.36. The molecule has 2 rings (SSSR count). The Bertz CT molecular complexity index is 605. The van der Waals surface area contributed by atoms with Crippen molar-refractivity contribution in [3.05, 3.63) is 30.1 Å². The molecule has 0 bridgehead atoms. The number of hydrogen-bond donors (Lipinski definition) is 2. The van der Waals surface area contributed by atoms with E-state index < -0.39 is 0 Å². The molecule has 20 heavy (non-hydrogen) atoms. The number of carbonyl (C=O) groups is 1. The largest absolute Gasteiger partial charge is 0.363 e. The van der Waals surface area contributed by atoms with Crippen LogP contribution in [0.2, 0.25) is 0 Å². The number of aromatic nitrogens is 2. The summed E-state index contributed by atoms with van der Waals surface area (Å²) in [6.07, 6.45) is 0. The second kappa shape index (κ2) is 6.67. The van der Waals surface area contributed by atoms with Crippen molar-refractivity contribution < 1.29 is 9.18 Å². The predicted octanol–water partition coefficient (Wildman–Crippen LogP) is 2.84. The van der Waals surface area contributed by atoms with Crippen molar-refractivity contribution >= 4 is 39.8 Å². The summed E-state index contributed by atoms with van der Waals surface area (Å²) in [7, 11) is 1.76. The lowest BCUT2D eigenvalue weighted by Crippen LogP contribution is -2.22. The molecule has 0 aliphatic carbocycles. The molecule has 1 heterocycles. The van der Waals surface area contributed by atoms with Gasteiger partial charge in [0.1, 0.15) is 5.82 Å². The Labute approximate surface area is 124 Å². The summed E-state index contributed by atoms with van der Waals surface area (Å²) in [6.45, 7) is 1.76. The zero-order valence-corrected chi connectivity index (χ0v) is 12.5. The van der Waals surface area contributed by atoms with E-state index in [0.29, 0.717) is 15.2 Å². The first kappa shape index (κ1) is 14.7. The number of rotatable bonds is 5. The third kappa shape index (κ3) is 3.91. The Morgan fingerprint density at radius 3 is 2.90 bits per heavy atom. The molecule has 0 saturated carbocycles. The normalized spacial score (nSPS) is 11.9. The number of nitrogens with one attached hydrogen (secondary N) is 2. The SMILES string of the molecule is CNc1nnc(S[C@@H](C)C(=O)Nc2cccc(F)c2)s1. The van der Waals surface area contributed by atoms with Crippen LogP contribution in [0.5, 0.6) is 0 Å². The van der Waals surface area contributed by atoms with Gasteiger partial charge in [-0.25, -0.2) is 4.39 Å². The molecule has 1 aromatic heterocycles. The molecule has 2 aromatic rings. The van der Waals surface area contributed by atoms with E-state index in [9.17, 15) is 9.18 Å². The Morgan fingerprint density at radius 1 is 1.45 bits per heavy atom. The van der Waals surface area contributed by atoms with E-state index in [2.05, 4.69) is 20.8 Å². The van der Waals surface area contributed by atoms with Gasteiger partial charge in [-0.1, -0.05) is 29.2 Å². The molecule has 2 N–H and O–H groups in total. The van der Waals surface area contributed by atoms with Gasteiger partial charge in [-0.15, -0.1) is 10.2 Å². The maximum Gasteiger partial charge on any atom is 0.237 e. The molecule has 0 aliphatic rings. The average molecular weight is 312 g/mol. The van der Waals surface area contributed by atoms with Crippen LogP contribution in [0.4, 0.5) is 15.2 Å². The second-order valence-electron chi connectivity index (χ2n) is 3.88. The van der Waals surface area contributed by atoms with E-state index in [1.807, 2.05) is 0 Å². The van der Waals surface area contributed by atoms with Crippen LogP contribution in [0.25, 0.3) is 0 Å². The van der Waals surface area contributed by atoms with Crippen molar-refractivity contribution in [2.75, 3.05) is 17.7 Å². The number of carbonyl (C=O) groups excluding carboxylic acids is 1. The first-order chi connectivity index (χ1) is 9.58. The second-order valence-corrected chi connectivity index (χ2v) is 6.45. The van der Waals surface area contributed by atoms with Gasteiger partial charge in [-0.05, 0) is 25.1 Å². The topological polar surface area (TPSA) is 66.9 Å². The Hall–Kier alpha value is -1.67. The molecular weight excluding hydrogens is 299 g/mol. The lowest BCUT2D eigenvalue weighted by molar-refractivity contribution is -0.115. The lowest BCUT2D eigenvalue weighted by Gasteiger charge is -2.10. The molecular formula is C12H13FN4OS2. The monoisotopic (exact) mass is 312 g/mol. The molecule has 0 spiro atoms. The summed E-state index contributed by atoms with van der Waals surface area (Å²) >= 11 is 2.69. The molecule has 0 fully saturated rings. The highest BCUT2D eigenvalue weighted by molar-refractivity contribution is 8.02. The number of benzene rings is 1. The Kier molecular flexibility index (Phi) is 4.91. The van der Waals surface area contributed by atoms with E-state index in [-0.39, 0.29) is 17.0 Å². The van der Waals surface area contributed by atoms with Crippen molar-refractivity contribution in [1.82, 2.24) is 10.2 Å². The van der Waals surface area contributed by atoms with Crippen LogP contribution in [0, 0.1) is 5.82 Å². The van der Waals surface area contributed by atoms with Gasteiger partial charge >= 0.3 is 0 Å². The molecule has 0 aliphatic heterocycles. The maximum atomic E-state index is 13.0. The van der Waals surface area contributed by atoms with Crippen LogP contribution in [-0.4, -0.2) is 28.4 Å². The third-order valence-corrected chi connectivity index (χ3v) is 4.48. The molecule has 1 aromatic carbocycles. The molecule has 0 radical (unpaired) electrons. The molecule has 1 amide bonds. The quantitative estimate of drug-likeness (QED) is 0.831. The highest BCUT2D eigenvalue weighted by atomic mass is 32.2. The van der Waals surface area contributed by atoms with Crippen molar-refractivity contribution in [2.24, 2.45) is 0 Å². The highest BCUT2D eigenvalue weighted by Crippen LogP contribution is 2.29. The summed E-state index contributed by atoms with van der Waals surface area (Å²) < 4.78 is 13.7. The first-order valence-corrected chi connectivity index (χ1v) is 7.52. The molecule has 5 nitrogen and oxygen atoms in total. The van der Waals surface area contributed by atoms with Crippen molar-refractivity contribution in [2.45, 2.75) is 16.5 Å². The maximum absolute atomic E-state index is 13.0. The van der Waals surface area contributed by atoms with Gasteiger partial charge in [0.05, 0.1) is 5.25 Å². The van der Waals surface area contributed by atoms with Gasteiger partial charge in [0.25, 0.3) is 0 Å². The fraction of sp³-hybridized carbons (Fsp3) is 0.250. The van der Waals surface area contributed by atoms with E-state index in [1.54, 1.807) is 26.1 Å². The molecule has 8 heteroatoms. The zero-order valence-electron chi connectivity index (χ0n) is 10.9. The lowest BCUT2D eigenvalue weighted by atomic mass is 10.3. The van der Waals surface area contributed by atoms with E-state index in [0.717, 1.165) is 0 Å². The summed E-state index contributed by atoms with van der Waals surface area (Å²) in [4.78, 5) is 12.0. The molecule has 106 valence electrons. The van der Waals surface area contributed by atoms with Crippen LogP contribution in [0.3, 0.4) is 0 Å². The standard InChI is InChI=1S/C12H13FN4OS2/c1-7(19-12-17-16-11(14-2)20-12)10(18)15-9-5-3-4-8(13)6-9/h3-7H,1-2H3,(H,14,16)(H,15,18)/t7-/m0/s1. The van der Waals surface area contributed by atoms with Crippen molar-refractivity contribution in [3.63, 3.8) is 0 Å². The highest BCUT2D eigenvalue weighted by Gasteiger charge is 2.17. The van der Waals surface area contributed by atoms with Gasteiger partial charge < -0.3 is 10.6 Å². The van der Waals surface area contributed by atoms with Crippen molar-refractivity contribution in [3.8, 4) is 0 Å². The van der Waals surface area contributed by atoms with Crippen LogP contribution >= 0.6 is 23.1 Å². The Balaban J connectivity index is 1.95. The summed E-state index contributed by atoms with van der Waals surface area (Å²) in [6, 6.07) is 5.79. The van der Waals surface area contributed by atoms with Gasteiger partial charge in [0.2, 0.25) is 11.0 Å². The van der Waals surface area contributed by atoms with Gasteiger partial charge in [-0.2, -0.15) is 0 Å². The molecule has 0 saturated heterocycles. The fourth-order valence-electron chi connectivity index (χ4n) is 1.37. The number of thioether (sulfide) groups is 1. The van der Waals surface area contributed by atoms with Crippen LogP contribution < -0.4 is 10.6 Å². The zero-order chi connectivity index (χ0) is 14.5. The van der Waals surface area contributed by atoms with E-state index >= 15 is 0 Å². The van der Waals surface area contributed by atoms with Crippen LogP contribution in [0.15, 0.2) is 28.6 Å². The van der Waals surface area contributed by atoms with Gasteiger partial charge in [0.15, 0.2) is 4.34 Å². The van der Waals surface area contributed by atoms with Crippen LogP contribution in [0.1, 0.15) is 6.92 Å². The smallest absolute Gasteiger partial charge is 0.237 e. The number of amides is 1. The first-order valence-electron chi connectivity index (χ1n) is 5.83. The number of nitrogens with zero attached hydrogens (tertiary/aromatic N) is 2. The predicted molar refractivity (Wildman–Crippen MR) is 79.8 cm³/mol. The minimum atomic E-state index is -0.383. The fourth-order valence-corrected chi connectivity index (χ4v) is 3.22. The van der Waals surface area contributed by atoms with Gasteiger partial charge in [-0.3, -0.25) is 4.79 Å². The number of halogens is 1. The minimum Gasteiger partial charge on any atom is -0.363 e. The number of anilines is 2. The minimum absolute atomic E-state index is 0.207. The molecule has 0 unspecified atom stereocenters. The number of hydrogen-bond acceptors (Lipinski definition) is 6. The van der Waals surface area contributed by atoms with Crippen molar-refractivity contribution in [1.29, 1.82) is 0 Å². The van der Waals surface area contributed by atoms with Gasteiger partial charge in [0, 0.05) is 12.7 Å². The molecule has 1 atom stereocenters. The Morgan fingerprint density at radius 2 is 2.25 bits per heavy atom.